The number of hydrogen-bond acceptors (Lipinski definition) is 2. The highest BCUT2D eigenvalue weighted by atomic mass is 15.0. The summed E-state index contributed by atoms with van der Waals surface area (Å²) in [6.45, 7) is 7.34. The van der Waals surface area contributed by atoms with E-state index in [1.165, 1.54) is 36.0 Å². The van der Waals surface area contributed by atoms with Gasteiger partial charge in [-0.3, -0.25) is 0 Å². The van der Waals surface area contributed by atoms with Crippen LogP contribution in [-0.2, 0) is 0 Å². The van der Waals surface area contributed by atoms with E-state index in [9.17, 15) is 0 Å². The molecule has 1 aromatic rings. The zero-order valence-corrected chi connectivity index (χ0v) is 11.9. The van der Waals surface area contributed by atoms with Crippen LogP contribution in [0.25, 0.3) is 0 Å². The molecule has 1 fully saturated rings. The molecule has 3 atom stereocenters. The van der Waals surface area contributed by atoms with Crippen LogP contribution in [0.15, 0.2) is 18.2 Å². The first-order valence-corrected chi connectivity index (χ1v) is 7.13. The molecule has 1 saturated carbocycles. The molecular formula is C16H26N2. The molecule has 100 valence electrons. The summed E-state index contributed by atoms with van der Waals surface area (Å²) in [5.41, 5.74) is 10.00. The van der Waals surface area contributed by atoms with Gasteiger partial charge in [-0.05, 0) is 50.2 Å². The summed E-state index contributed by atoms with van der Waals surface area (Å²) in [4.78, 5) is 0. The normalized spacial score (nSPS) is 25.3. The van der Waals surface area contributed by atoms with Gasteiger partial charge in [0.2, 0.25) is 0 Å². The number of rotatable bonds is 4. The van der Waals surface area contributed by atoms with E-state index in [0.717, 1.165) is 5.92 Å². The monoisotopic (exact) mass is 246 g/mol. The molecule has 3 N–H and O–H groups in total. The quantitative estimate of drug-likeness (QED) is 0.857. The van der Waals surface area contributed by atoms with Crippen molar-refractivity contribution < 1.29 is 0 Å². The molecule has 1 aliphatic rings. The summed E-state index contributed by atoms with van der Waals surface area (Å²) in [5.74, 6) is 0.861. The van der Waals surface area contributed by atoms with Crippen LogP contribution in [0.3, 0.4) is 0 Å². The van der Waals surface area contributed by atoms with Crippen LogP contribution in [0.1, 0.15) is 48.9 Å². The Morgan fingerprint density at radius 1 is 1.33 bits per heavy atom. The molecule has 0 radical (unpaired) electrons. The molecule has 3 unspecified atom stereocenters. The maximum atomic E-state index is 5.96. The Kier molecular flexibility index (Phi) is 4.41. The fraction of sp³-hybridized carbons (Fsp3) is 0.625. The summed E-state index contributed by atoms with van der Waals surface area (Å²) in [5, 5.41) is 3.75. The van der Waals surface area contributed by atoms with Gasteiger partial charge in [0.25, 0.3) is 0 Å². The SMILES string of the molecule is Cc1ccc(C(CN)NC2CCC(C)C2)c(C)c1. The Bertz CT molecular complexity index is 400. The smallest absolute Gasteiger partial charge is 0.0449 e. The molecule has 0 aromatic heterocycles. The summed E-state index contributed by atoms with van der Waals surface area (Å²) in [7, 11) is 0. The molecule has 2 nitrogen and oxygen atoms in total. The molecule has 0 saturated heterocycles. The van der Waals surface area contributed by atoms with Crippen molar-refractivity contribution in [2.45, 2.75) is 52.1 Å². The Balaban J connectivity index is 2.08. The first kappa shape index (κ1) is 13.6. The largest absolute Gasteiger partial charge is 0.329 e. The Morgan fingerprint density at radius 2 is 2.11 bits per heavy atom. The zero-order chi connectivity index (χ0) is 13.1. The van der Waals surface area contributed by atoms with Crippen molar-refractivity contribution in [1.29, 1.82) is 0 Å². The Labute approximate surface area is 111 Å². The average molecular weight is 246 g/mol. The van der Waals surface area contributed by atoms with Crippen LogP contribution in [0.5, 0.6) is 0 Å². The van der Waals surface area contributed by atoms with Crippen molar-refractivity contribution in [3.8, 4) is 0 Å². The van der Waals surface area contributed by atoms with E-state index in [1.54, 1.807) is 0 Å². The van der Waals surface area contributed by atoms with E-state index in [2.05, 4.69) is 44.3 Å². The van der Waals surface area contributed by atoms with Crippen LogP contribution in [0.4, 0.5) is 0 Å². The Morgan fingerprint density at radius 3 is 2.67 bits per heavy atom. The van der Waals surface area contributed by atoms with Crippen molar-refractivity contribution in [3.63, 3.8) is 0 Å². The molecule has 2 heteroatoms. The van der Waals surface area contributed by atoms with Crippen molar-refractivity contribution in [1.82, 2.24) is 5.32 Å². The fourth-order valence-electron chi connectivity index (χ4n) is 3.14. The topological polar surface area (TPSA) is 38.0 Å². The number of hydrogen-bond donors (Lipinski definition) is 2. The third-order valence-corrected chi connectivity index (χ3v) is 4.17. The van der Waals surface area contributed by atoms with Gasteiger partial charge in [0.15, 0.2) is 0 Å². The molecule has 1 aromatic carbocycles. The lowest BCUT2D eigenvalue weighted by atomic mass is 9.98. The lowest BCUT2D eigenvalue weighted by Gasteiger charge is -2.24. The second-order valence-electron chi connectivity index (χ2n) is 5.93. The standard InChI is InChI=1S/C16H26N2/c1-11-5-7-15(13(3)8-11)16(10-17)18-14-6-4-12(2)9-14/h5,7-8,12,14,16,18H,4,6,9-10,17H2,1-3H3. The van der Waals surface area contributed by atoms with Crippen LogP contribution < -0.4 is 11.1 Å². The van der Waals surface area contributed by atoms with Crippen LogP contribution >= 0.6 is 0 Å². The second kappa shape index (κ2) is 5.85. The van der Waals surface area contributed by atoms with E-state index in [-0.39, 0.29) is 0 Å². The summed E-state index contributed by atoms with van der Waals surface area (Å²) in [6.07, 6.45) is 3.94. The van der Waals surface area contributed by atoms with E-state index in [1.807, 2.05) is 0 Å². The van der Waals surface area contributed by atoms with Crippen LogP contribution in [0, 0.1) is 19.8 Å². The first-order valence-electron chi connectivity index (χ1n) is 7.13. The highest BCUT2D eigenvalue weighted by Crippen LogP contribution is 2.27. The minimum atomic E-state index is 0.306. The van der Waals surface area contributed by atoms with E-state index in [4.69, 9.17) is 5.73 Å². The highest BCUT2D eigenvalue weighted by Gasteiger charge is 2.24. The van der Waals surface area contributed by atoms with E-state index in [0.29, 0.717) is 18.6 Å². The van der Waals surface area contributed by atoms with Gasteiger partial charge in [-0.25, -0.2) is 0 Å². The van der Waals surface area contributed by atoms with Crippen LogP contribution in [-0.4, -0.2) is 12.6 Å². The number of aryl methyl sites for hydroxylation is 2. The van der Waals surface area contributed by atoms with Crippen molar-refractivity contribution in [2.75, 3.05) is 6.54 Å². The zero-order valence-electron chi connectivity index (χ0n) is 11.9. The van der Waals surface area contributed by atoms with E-state index >= 15 is 0 Å². The maximum Gasteiger partial charge on any atom is 0.0449 e. The third kappa shape index (κ3) is 3.12. The van der Waals surface area contributed by atoms with Crippen molar-refractivity contribution >= 4 is 0 Å². The molecule has 0 amide bonds. The minimum absolute atomic E-state index is 0.306. The number of nitrogens with one attached hydrogen (secondary N) is 1. The molecule has 2 rings (SSSR count). The Hall–Kier alpha value is -0.860. The molecule has 0 bridgehead atoms. The lowest BCUT2D eigenvalue weighted by Crippen LogP contribution is -2.35. The van der Waals surface area contributed by atoms with Crippen molar-refractivity contribution in [2.24, 2.45) is 11.7 Å². The van der Waals surface area contributed by atoms with E-state index < -0.39 is 0 Å². The molecule has 0 heterocycles. The molecule has 18 heavy (non-hydrogen) atoms. The number of benzene rings is 1. The van der Waals surface area contributed by atoms with Crippen LogP contribution in [0.2, 0.25) is 0 Å². The minimum Gasteiger partial charge on any atom is -0.329 e. The summed E-state index contributed by atoms with van der Waals surface area (Å²) in [6, 6.07) is 7.62. The molecule has 1 aliphatic carbocycles. The summed E-state index contributed by atoms with van der Waals surface area (Å²) >= 11 is 0. The molecule has 0 aliphatic heterocycles. The van der Waals surface area contributed by atoms with Gasteiger partial charge >= 0.3 is 0 Å². The number of nitrogens with two attached hydrogens (primary N) is 1. The summed E-state index contributed by atoms with van der Waals surface area (Å²) < 4.78 is 0. The van der Waals surface area contributed by atoms with Gasteiger partial charge in [-0.2, -0.15) is 0 Å². The highest BCUT2D eigenvalue weighted by molar-refractivity contribution is 5.33. The van der Waals surface area contributed by atoms with Gasteiger partial charge in [-0.1, -0.05) is 30.7 Å². The first-order chi connectivity index (χ1) is 8.60. The van der Waals surface area contributed by atoms with Gasteiger partial charge in [-0.15, -0.1) is 0 Å². The van der Waals surface area contributed by atoms with Gasteiger partial charge in [0, 0.05) is 18.6 Å². The fourth-order valence-corrected chi connectivity index (χ4v) is 3.14. The third-order valence-electron chi connectivity index (χ3n) is 4.17. The molecule has 0 spiro atoms. The van der Waals surface area contributed by atoms with Gasteiger partial charge in [0.05, 0.1) is 0 Å². The molecular weight excluding hydrogens is 220 g/mol. The second-order valence-corrected chi connectivity index (χ2v) is 5.93. The maximum absolute atomic E-state index is 5.96. The van der Waals surface area contributed by atoms with Crippen molar-refractivity contribution in [3.05, 3.63) is 34.9 Å². The predicted molar refractivity (Wildman–Crippen MR) is 77.7 cm³/mol. The lowest BCUT2D eigenvalue weighted by molar-refractivity contribution is 0.433. The van der Waals surface area contributed by atoms with Gasteiger partial charge < -0.3 is 11.1 Å². The predicted octanol–water partition coefficient (Wildman–Crippen LogP) is 3.08. The average Bonchev–Trinajstić information content (AvgIpc) is 2.72. The van der Waals surface area contributed by atoms with Gasteiger partial charge in [0.1, 0.15) is 0 Å².